The van der Waals surface area contributed by atoms with Crippen molar-refractivity contribution in [2.75, 3.05) is 5.73 Å². The van der Waals surface area contributed by atoms with Gasteiger partial charge in [0.1, 0.15) is 0 Å². The number of hydrogen-bond acceptors (Lipinski definition) is 2. The Balaban J connectivity index is 1.95. The third-order valence-corrected chi connectivity index (χ3v) is 4.41. The first-order chi connectivity index (χ1) is 8.66. The highest BCUT2D eigenvalue weighted by molar-refractivity contribution is 9.10. The van der Waals surface area contributed by atoms with Crippen LogP contribution < -0.4 is 5.73 Å². The molecule has 0 aliphatic carbocycles. The van der Waals surface area contributed by atoms with Crippen molar-refractivity contribution < 1.29 is 0 Å². The molecular formula is C15H16BrNS. The van der Waals surface area contributed by atoms with E-state index >= 15 is 0 Å². The van der Waals surface area contributed by atoms with Gasteiger partial charge in [-0.2, -0.15) is 11.8 Å². The zero-order valence-corrected chi connectivity index (χ0v) is 12.7. The van der Waals surface area contributed by atoms with Crippen LogP contribution in [0.2, 0.25) is 0 Å². The molecule has 0 spiro atoms. The second-order valence-electron chi connectivity index (χ2n) is 4.26. The summed E-state index contributed by atoms with van der Waals surface area (Å²) in [4.78, 5) is 0. The lowest BCUT2D eigenvalue weighted by molar-refractivity contribution is 1.30. The van der Waals surface area contributed by atoms with Crippen molar-refractivity contribution in [1.82, 2.24) is 0 Å². The van der Waals surface area contributed by atoms with Gasteiger partial charge in [0.25, 0.3) is 0 Å². The summed E-state index contributed by atoms with van der Waals surface area (Å²) in [5.74, 6) is 1.98. The Morgan fingerprint density at radius 3 is 2.50 bits per heavy atom. The fourth-order valence-corrected chi connectivity index (χ4v) is 3.25. The third kappa shape index (κ3) is 3.53. The number of nitrogens with two attached hydrogens (primary N) is 1. The molecular weight excluding hydrogens is 306 g/mol. The minimum absolute atomic E-state index is 0.863. The second kappa shape index (κ2) is 6.30. The molecule has 3 heteroatoms. The van der Waals surface area contributed by atoms with Crippen molar-refractivity contribution in [3.05, 3.63) is 63.6 Å². The summed E-state index contributed by atoms with van der Waals surface area (Å²) in [6.07, 6.45) is 0. The number of halogens is 1. The molecule has 0 saturated heterocycles. The molecule has 94 valence electrons. The van der Waals surface area contributed by atoms with E-state index in [0.29, 0.717) is 0 Å². The van der Waals surface area contributed by atoms with Gasteiger partial charge in [0.05, 0.1) is 0 Å². The van der Waals surface area contributed by atoms with Crippen molar-refractivity contribution >= 4 is 33.4 Å². The number of thioether (sulfide) groups is 1. The smallest absolute Gasteiger partial charge is 0.0366 e. The number of nitrogen functional groups attached to an aromatic ring is 1. The molecule has 2 rings (SSSR count). The monoisotopic (exact) mass is 321 g/mol. The molecule has 2 N–H and O–H groups in total. The van der Waals surface area contributed by atoms with Crippen LogP contribution in [0.4, 0.5) is 5.69 Å². The standard InChI is InChI=1S/C15H16BrNS/c1-11-4-2-3-5-12(11)9-18-10-13-6-7-14(16)8-15(13)17/h2-8H,9-10,17H2,1H3. The van der Waals surface area contributed by atoms with E-state index < -0.39 is 0 Å². The average Bonchev–Trinajstić information content (AvgIpc) is 2.34. The summed E-state index contributed by atoms with van der Waals surface area (Å²) in [6, 6.07) is 14.6. The number of anilines is 1. The largest absolute Gasteiger partial charge is 0.398 e. The molecule has 18 heavy (non-hydrogen) atoms. The maximum Gasteiger partial charge on any atom is 0.0366 e. The molecule has 0 atom stereocenters. The van der Waals surface area contributed by atoms with Crippen LogP contribution in [0.15, 0.2) is 46.9 Å². The van der Waals surface area contributed by atoms with Gasteiger partial charge in [0, 0.05) is 21.7 Å². The first-order valence-corrected chi connectivity index (χ1v) is 7.78. The van der Waals surface area contributed by atoms with Crippen molar-refractivity contribution in [3.63, 3.8) is 0 Å². The summed E-state index contributed by atoms with van der Waals surface area (Å²) in [5, 5.41) is 0. The van der Waals surface area contributed by atoms with E-state index in [2.05, 4.69) is 53.2 Å². The fraction of sp³-hybridized carbons (Fsp3) is 0.200. The van der Waals surface area contributed by atoms with Crippen LogP contribution in [-0.2, 0) is 11.5 Å². The normalized spacial score (nSPS) is 10.6. The maximum atomic E-state index is 5.99. The number of benzene rings is 2. The maximum absolute atomic E-state index is 5.99. The number of rotatable bonds is 4. The van der Waals surface area contributed by atoms with Gasteiger partial charge in [-0.1, -0.05) is 46.3 Å². The van der Waals surface area contributed by atoms with Crippen molar-refractivity contribution in [2.45, 2.75) is 18.4 Å². The van der Waals surface area contributed by atoms with Crippen molar-refractivity contribution in [3.8, 4) is 0 Å². The predicted octanol–water partition coefficient (Wildman–Crippen LogP) is 4.77. The molecule has 2 aromatic carbocycles. The summed E-state index contributed by atoms with van der Waals surface area (Å²) in [7, 11) is 0. The predicted molar refractivity (Wildman–Crippen MR) is 84.7 cm³/mol. The van der Waals surface area contributed by atoms with E-state index in [4.69, 9.17) is 5.73 Å². The minimum atomic E-state index is 0.863. The highest BCUT2D eigenvalue weighted by atomic mass is 79.9. The van der Waals surface area contributed by atoms with Crippen molar-refractivity contribution in [1.29, 1.82) is 0 Å². The van der Waals surface area contributed by atoms with E-state index in [0.717, 1.165) is 21.7 Å². The van der Waals surface area contributed by atoms with Gasteiger partial charge in [-0.25, -0.2) is 0 Å². The fourth-order valence-electron chi connectivity index (χ4n) is 1.74. The lowest BCUT2D eigenvalue weighted by Gasteiger charge is -2.07. The van der Waals surface area contributed by atoms with E-state index in [9.17, 15) is 0 Å². The van der Waals surface area contributed by atoms with Gasteiger partial charge < -0.3 is 5.73 Å². The van der Waals surface area contributed by atoms with Gasteiger partial charge in [0.2, 0.25) is 0 Å². The zero-order valence-electron chi connectivity index (χ0n) is 10.3. The Morgan fingerprint density at radius 1 is 1.06 bits per heavy atom. The quantitative estimate of drug-likeness (QED) is 0.820. The molecule has 0 aliphatic rings. The Morgan fingerprint density at radius 2 is 1.78 bits per heavy atom. The van der Waals surface area contributed by atoms with Crippen LogP contribution in [0.3, 0.4) is 0 Å². The molecule has 0 aromatic heterocycles. The van der Waals surface area contributed by atoms with Crippen LogP contribution in [0.1, 0.15) is 16.7 Å². The van der Waals surface area contributed by atoms with Crippen LogP contribution >= 0.6 is 27.7 Å². The number of aryl methyl sites for hydroxylation is 1. The first kappa shape index (κ1) is 13.5. The molecule has 0 unspecified atom stereocenters. The summed E-state index contributed by atoms with van der Waals surface area (Å²) >= 11 is 5.32. The summed E-state index contributed by atoms with van der Waals surface area (Å²) in [5.41, 5.74) is 10.8. The van der Waals surface area contributed by atoms with E-state index in [1.807, 2.05) is 23.9 Å². The lowest BCUT2D eigenvalue weighted by atomic mass is 10.1. The minimum Gasteiger partial charge on any atom is -0.398 e. The summed E-state index contributed by atoms with van der Waals surface area (Å²) < 4.78 is 1.03. The Hall–Kier alpha value is -0.930. The van der Waals surface area contributed by atoms with Gasteiger partial charge >= 0.3 is 0 Å². The molecule has 1 nitrogen and oxygen atoms in total. The van der Waals surface area contributed by atoms with Gasteiger partial charge in [-0.15, -0.1) is 0 Å². The SMILES string of the molecule is Cc1ccccc1CSCc1ccc(Br)cc1N. The average molecular weight is 322 g/mol. The first-order valence-electron chi connectivity index (χ1n) is 5.83. The highest BCUT2D eigenvalue weighted by Crippen LogP contribution is 2.25. The van der Waals surface area contributed by atoms with Crippen LogP contribution in [0.25, 0.3) is 0 Å². The van der Waals surface area contributed by atoms with Crippen LogP contribution in [0, 0.1) is 6.92 Å². The molecule has 0 amide bonds. The molecule has 0 fully saturated rings. The molecule has 0 heterocycles. The van der Waals surface area contributed by atoms with E-state index in [-0.39, 0.29) is 0 Å². The van der Waals surface area contributed by atoms with Gasteiger partial charge in [0.15, 0.2) is 0 Å². The van der Waals surface area contributed by atoms with E-state index in [1.54, 1.807) is 0 Å². The van der Waals surface area contributed by atoms with Crippen LogP contribution in [0.5, 0.6) is 0 Å². The Labute approximate surface area is 121 Å². The molecule has 0 saturated carbocycles. The molecule has 0 aliphatic heterocycles. The van der Waals surface area contributed by atoms with Crippen LogP contribution in [-0.4, -0.2) is 0 Å². The zero-order chi connectivity index (χ0) is 13.0. The topological polar surface area (TPSA) is 26.0 Å². The van der Waals surface area contributed by atoms with E-state index in [1.165, 1.54) is 16.7 Å². The molecule has 0 bridgehead atoms. The number of hydrogen-bond donors (Lipinski definition) is 1. The second-order valence-corrected chi connectivity index (χ2v) is 6.16. The summed E-state index contributed by atoms with van der Waals surface area (Å²) in [6.45, 7) is 2.16. The highest BCUT2D eigenvalue weighted by Gasteiger charge is 2.02. The third-order valence-electron chi connectivity index (χ3n) is 2.88. The molecule has 2 aromatic rings. The van der Waals surface area contributed by atoms with Gasteiger partial charge in [-0.05, 0) is 35.7 Å². The van der Waals surface area contributed by atoms with Gasteiger partial charge in [-0.3, -0.25) is 0 Å². The molecule has 0 radical (unpaired) electrons. The lowest BCUT2D eigenvalue weighted by Crippen LogP contribution is -1.93. The van der Waals surface area contributed by atoms with Crippen molar-refractivity contribution in [2.24, 2.45) is 0 Å². The Kier molecular flexibility index (Phi) is 4.72. The Bertz CT molecular complexity index is 540.